The molecule has 0 spiro atoms. The third-order valence-electron chi connectivity index (χ3n) is 4.27. The maximum Gasteiger partial charge on any atom is 0.0253 e. The van der Waals surface area contributed by atoms with Crippen molar-refractivity contribution < 1.29 is 0 Å². The Labute approximate surface area is 128 Å². The number of hydrogen-bond acceptors (Lipinski definition) is 2. The van der Waals surface area contributed by atoms with Crippen LogP contribution in [0.15, 0.2) is 29.2 Å². The van der Waals surface area contributed by atoms with Crippen LogP contribution in [0.5, 0.6) is 0 Å². The molecule has 20 heavy (non-hydrogen) atoms. The van der Waals surface area contributed by atoms with Gasteiger partial charge in [-0.2, -0.15) is 0 Å². The highest BCUT2D eigenvalue weighted by Crippen LogP contribution is 2.42. The molecule has 1 aliphatic carbocycles. The second-order valence-electron chi connectivity index (χ2n) is 6.94. The molecule has 2 atom stereocenters. The molecular formula is C18H29NS. The third kappa shape index (κ3) is 4.53. The van der Waals surface area contributed by atoms with Gasteiger partial charge in [0, 0.05) is 16.2 Å². The van der Waals surface area contributed by atoms with E-state index in [4.69, 9.17) is 0 Å². The molecule has 1 fully saturated rings. The molecule has 1 aromatic carbocycles. The van der Waals surface area contributed by atoms with Crippen LogP contribution in [0.25, 0.3) is 0 Å². The van der Waals surface area contributed by atoms with Crippen LogP contribution in [0, 0.1) is 12.3 Å². The molecule has 1 aliphatic rings. The zero-order chi connectivity index (χ0) is 14.6. The van der Waals surface area contributed by atoms with Gasteiger partial charge in [0.2, 0.25) is 0 Å². The van der Waals surface area contributed by atoms with E-state index >= 15 is 0 Å². The Morgan fingerprint density at radius 1 is 1.35 bits per heavy atom. The van der Waals surface area contributed by atoms with Gasteiger partial charge < -0.3 is 5.32 Å². The number of thioether (sulfide) groups is 1. The molecule has 2 heteroatoms. The van der Waals surface area contributed by atoms with Gasteiger partial charge in [-0.05, 0) is 56.7 Å². The maximum absolute atomic E-state index is 3.77. The average molecular weight is 292 g/mol. The minimum Gasteiger partial charge on any atom is -0.313 e. The molecule has 0 heterocycles. The van der Waals surface area contributed by atoms with Crippen LogP contribution < -0.4 is 5.32 Å². The predicted molar refractivity (Wildman–Crippen MR) is 90.5 cm³/mol. The van der Waals surface area contributed by atoms with E-state index < -0.39 is 0 Å². The Kier molecular flexibility index (Phi) is 5.57. The quantitative estimate of drug-likeness (QED) is 0.816. The Balaban J connectivity index is 2.06. The molecule has 2 rings (SSSR count). The number of hydrogen-bond donors (Lipinski definition) is 1. The first-order chi connectivity index (χ1) is 9.50. The molecular weight excluding hydrogens is 262 g/mol. The molecule has 0 bridgehead atoms. The summed E-state index contributed by atoms with van der Waals surface area (Å²) in [6.45, 7) is 10.4. The SMILES string of the molecule is CCCNC1CCC(C)(C)CC1Sc1cccc(C)c1. The van der Waals surface area contributed by atoms with E-state index in [0.717, 1.165) is 6.54 Å². The molecule has 0 saturated heterocycles. The average Bonchev–Trinajstić information content (AvgIpc) is 2.37. The topological polar surface area (TPSA) is 12.0 Å². The molecule has 1 aromatic rings. The second kappa shape index (κ2) is 7.00. The maximum atomic E-state index is 3.77. The van der Waals surface area contributed by atoms with E-state index in [1.165, 1.54) is 36.1 Å². The van der Waals surface area contributed by atoms with Crippen molar-refractivity contribution in [1.29, 1.82) is 0 Å². The molecule has 1 saturated carbocycles. The molecule has 0 amide bonds. The van der Waals surface area contributed by atoms with Crippen molar-refractivity contribution >= 4 is 11.8 Å². The van der Waals surface area contributed by atoms with Crippen LogP contribution in [-0.4, -0.2) is 17.8 Å². The lowest BCUT2D eigenvalue weighted by atomic mass is 9.75. The van der Waals surface area contributed by atoms with E-state index in [2.05, 4.69) is 69.0 Å². The molecule has 1 nitrogen and oxygen atoms in total. The summed E-state index contributed by atoms with van der Waals surface area (Å²) in [6, 6.07) is 9.62. The van der Waals surface area contributed by atoms with Crippen LogP contribution in [-0.2, 0) is 0 Å². The fourth-order valence-electron chi connectivity index (χ4n) is 3.07. The van der Waals surface area contributed by atoms with Gasteiger partial charge in [-0.1, -0.05) is 38.5 Å². The van der Waals surface area contributed by atoms with Crippen molar-refractivity contribution in [3.8, 4) is 0 Å². The van der Waals surface area contributed by atoms with Crippen LogP contribution in [0.3, 0.4) is 0 Å². The Morgan fingerprint density at radius 3 is 2.85 bits per heavy atom. The number of benzene rings is 1. The van der Waals surface area contributed by atoms with Crippen molar-refractivity contribution in [2.45, 2.75) is 69.6 Å². The van der Waals surface area contributed by atoms with Crippen LogP contribution in [0.4, 0.5) is 0 Å². The highest BCUT2D eigenvalue weighted by Gasteiger charge is 2.35. The fraction of sp³-hybridized carbons (Fsp3) is 0.667. The lowest BCUT2D eigenvalue weighted by Crippen LogP contribution is -2.45. The van der Waals surface area contributed by atoms with Gasteiger partial charge in [0.1, 0.15) is 0 Å². The first-order valence-electron chi connectivity index (χ1n) is 7.97. The standard InChI is InChI=1S/C18H29NS/c1-5-11-19-16-9-10-18(3,4)13-17(16)20-15-8-6-7-14(2)12-15/h6-8,12,16-17,19H,5,9-11,13H2,1-4H3. The number of aryl methyl sites for hydroxylation is 1. The van der Waals surface area contributed by atoms with Crippen LogP contribution >= 0.6 is 11.8 Å². The summed E-state index contributed by atoms with van der Waals surface area (Å²) in [6.07, 6.45) is 5.20. The van der Waals surface area contributed by atoms with Gasteiger partial charge in [-0.15, -0.1) is 11.8 Å². The van der Waals surface area contributed by atoms with Crippen molar-refractivity contribution in [2.75, 3.05) is 6.54 Å². The lowest BCUT2D eigenvalue weighted by Gasteiger charge is -2.41. The summed E-state index contributed by atoms with van der Waals surface area (Å²) in [5, 5.41) is 4.47. The van der Waals surface area contributed by atoms with E-state index in [0.29, 0.717) is 16.7 Å². The summed E-state index contributed by atoms with van der Waals surface area (Å²) in [5.41, 5.74) is 1.86. The summed E-state index contributed by atoms with van der Waals surface area (Å²) in [7, 11) is 0. The highest BCUT2D eigenvalue weighted by molar-refractivity contribution is 8.00. The summed E-state index contributed by atoms with van der Waals surface area (Å²) in [4.78, 5) is 1.43. The van der Waals surface area contributed by atoms with Crippen molar-refractivity contribution in [2.24, 2.45) is 5.41 Å². The van der Waals surface area contributed by atoms with E-state index in [1.807, 2.05) is 0 Å². The number of rotatable bonds is 5. The molecule has 112 valence electrons. The first kappa shape index (κ1) is 15.9. The van der Waals surface area contributed by atoms with Crippen molar-refractivity contribution in [1.82, 2.24) is 5.32 Å². The normalized spacial score (nSPS) is 25.6. The molecule has 0 radical (unpaired) electrons. The molecule has 2 unspecified atom stereocenters. The Hall–Kier alpha value is -0.470. The Bertz CT molecular complexity index is 427. The summed E-state index contributed by atoms with van der Waals surface area (Å²) < 4.78 is 0. The highest BCUT2D eigenvalue weighted by atomic mass is 32.2. The minimum atomic E-state index is 0.492. The Morgan fingerprint density at radius 2 is 2.15 bits per heavy atom. The lowest BCUT2D eigenvalue weighted by molar-refractivity contribution is 0.214. The molecule has 1 N–H and O–H groups in total. The van der Waals surface area contributed by atoms with E-state index in [1.54, 1.807) is 0 Å². The van der Waals surface area contributed by atoms with Crippen LogP contribution in [0.1, 0.15) is 52.0 Å². The fourth-order valence-corrected chi connectivity index (χ4v) is 4.76. The monoisotopic (exact) mass is 291 g/mol. The largest absolute Gasteiger partial charge is 0.313 e. The van der Waals surface area contributed by atoms with Gasteiger partial charge in [0.05, 0.1) is 0 Å². The van der Waals surface area contributed by atoms with Crippen molar-refractivity contribution in [3.63, 3.8) is 0 Å². The third-order valence-corrected chi connectivity index (χ3v) is 5.59. The number of nitrogens with one attached hydrogen (secondary N) is 1. The van der Waals surface area contributed by atoms with Gasteiger partial charge in [-0.3, -0.25) is 0 Å². The van der Waals surface area contributed by atoms with E-state index in [-0.39, 0.29) is 0 Å². The molecule has 0 aliphatic heterocycles. The summed E-state index contributed by atoms with van der Waals surface area (Å²) in [5.74, 6) is 0. The van der Waals surface area contributed by atoms with Gasteiger partial charge in [0.25, 0.3) is 0 Å². The smallest absolute Gasteiger partial charge is 0.0253 e. The predicted octanol–water partition coefficient (Wildman–Crippen LogP) is 5.03. The minimum absolute atomic E-state index is 0.492. The summed E-state index contributed by atoms with van der Waals surface area (Å²) >= 11 is 2.08. The van der Waals surface area contributed by atoms with Gasteiger partial charge in [0.15, 0.2) is 0 Å². The zero-order valence-corrected chi connectivity index (χ0v) is 14.2. The van der Waals surface area contributed by atoms with Crippen LogP contribution in [0.2, 0.25) is 0 Å². The van der Waals surface area contributed by atoms with Crippen molar-refractivity contribution in [3.05, 3.63) is 29.8 Å². The molecule has 0 aromatic heterocycles. The first-order valence-corrected chi connectivity index (χ1v) is 8.85. The zero-order valence-electron chi connectivity index (χ0n) is 13.4. The second-order valence-corrected chi connectivity index (χ2v) is 8.25. The van der Waals surface area contributed by atoms with Gasteiger partial charge >= 0.3 is 0 Å². The van der Waals surface area contributed by atoms with E-state index in [9.17, 15) is 0 Å². The van der Waals surface area contributed by atoms with Gasteiger partial charge in [-0.25, -0.2) is 0 Å².